The molecule has 1 N–H and O–H groups in total. The van der Waals surface area contributed by atoms with E-state index in [4.69, 9.17) is 9.47 Å². The van der Waals surface area contributed by atoms with E-state index in [1.165, 1.54) is 11.3 Å². The van der Waals surface area contributed by atoms with Gasteiger partial charge in [-0.1, -0.05) is 0 Å². The lowest BCUT2D eigenvalue weighted by molar-refractivity contribution is -0.116. The molecular weight excluding hydrogens is 364 g/mol. The summed E-state index contributed by atoms with van der Waals surface area (Å²) in [5.41, 5.74) is 1.42. The second kappa shape index (κ2) is 8.30. The molecule has 1 aromatic carbocycles. The number of methoxy groups -OCH3 is 2. The second-order valence-corrected chi connectivity index (χ2v) is 8.50. The molecule has 0 fully saturated rings. The molecule has 0 bridgehead atoms. The van der Waals surface area contributed by atoms with Crippen LogP contribution in [-0.2, 0) is 14.6 Å². The Balaban J connectivity index is 2.06. The van der Waals surface area contributed by atoms with E-state index < -0.39 is 9.84 Å². The van der Waals surface area contributed by atoms with Gasteiger partial charge in [-0.25, -0.2) is 13.4 Å². The smallest absolute Gasteiger partial charge is 0.226 e. The van der Waals surface area contributed by atoms with Gasteiger partial charge in [0.25, 0.3) is 0 Å². The van der Waals surface area contributed by atoms with Gasteiger partial charge >= 0.3 is 0 Å². The van der Waals surface area contributed by atoms with Crippen LogP contribution in [0.25, 0.3) is 11.3 Å². The summed E-state index contributed by atoms with van der Waals surface area (Å²) in [5.74, 6) is 1.05. The molecule has 1 amide bonds. The van der Waals surface area contributed by atoms with Gasteiger partial charge in [-0.15, -0.1) is 11.3 Å². The van der Waals surface area contributed by atoms with E-state index in [-0.39, 0.29) is 24.5 Å². The molecule has 0 unspecified atom stereocenters. The lowest BCUT2D eigenvalue weighted by atomic mass is 10.1. The first kappa shape index (κ1) is 19.2. The summed E-state index contributed by atoms with van der Waals surface area (Å²) in [6, 6.07) is 5.39. The summed E-state index contributed by atoms with van der Waals surface area (Å²) in [6.07, 6.45) is 1.57. The molecule has 1 heterocycles. The Hall–Kier alpha value is -2.13. The minimum Gasteiger partial charge on any atom is -0.497 e. The standard InChI is InChI=1S/C16H20N2O5S2/c1-22-11-6-7-14(23-2)12(9-11)13-10-24-16(17-13)18-15(19)5-4-8-25(3,20)21/h6-7,9-10H,4-5,8H2,1-3H3,(H,17,18,19). The predicted molar refractivity (Wildman–Crippen MR) is 98.2 cm³/mol. The van der Waals surface area contributed by atoms with Crippen LogP contribution in [-0.4, -0.2) is 45.5 Å². The molecule has 0 saturated carbocycles. The highest BCUT2D eigenvalue weighted by atomic mass is 32.2. The number of rotatable bonds is 8. The van der Waals surface area contributed by atoms with E-state index in [1.807, 2.05) is 11.4 Å². The van der Waals surface area contributed by atoms with Gasteiger partial charge < -0.3 is 14.8 Å². The lowest BCUT2D eigenvalue weighted by Gasteiger charge is -2.08. The number of thiazole rings is 1. The van der Waals surface area contributed by atoms with E-state index in [0.29, 0.717) is 22.3 Å². The molecule has 9 heteroatoms. The fourth-order valence-electron chi connectivity index (χ4n) is 2.15. The summed E-state index contributed by atoms with van der Waals surface area (Å²) >= 11 is 1.29. The number of carbonyl (C=O) groups excluding carboxylic acids is 1. The van der Waals surface area contributed by atoms with Crippen LogP contribution in [0.1, 0.15) is 12.8 Å². The highest BCUT2D eigenvalue weighted by Gasteiger charge is 2.13. The molecule has 0 atom stereocenters. The van der Waals surface area contributed by atoms with E-state index in [0.717, 1.165) is 11.8 Å². The molecule has 0 aliphatic heterocycles. The van der Waals surface area contributed by atoms with Gasteiger partial charge in [0.05, 0.1) is 25.7 Å². The van der Waals surface area contributed by atoms with Crippen LogP contribution in [0, 0.1) is 0 Å². The summed E-state index contributed by atoms with van der Waals surface area (Å²) in [5, 5.41) is 4.94. The number of sulfone groups is 1. The Morgan fingerprint density at radius 3 is 2.68 bits per heavy atom. The van der Waals surface area contributed by atoms with Gasteiger partial charge in [0.1, 0.15) is 21.3 Å². The third-order valence-corrected chi connectivity index (χ3v) is 5.14. The molecule has 25 heavy (non-hydrogen) atoms. The van der Waals surface area contributed by atoms with E-state index in [9.17, 15) is 13.2 Å². The fourth-order valence-corrected chi connectivity index (χ4v) is 3.54. The van der Waals surface area contributed by atoms with Crippen molar-refractivity contribution in [3.05, 3.63) is 23.6 Å². The van der Waals surface area contributed by atoms with Crippen LogP contribution in [0.5, 0.6) is 11.5 Å². The Bertz CT molecular complexity index is 846. The summed E-state index contributed by atoms with van der Waals surface area (Å²) in [7, 11) is 0.0921. The first-order chi connectivity index (χ1) is 11.8. The minimum atomic E-state index is -3.06. The Morgan fingerprint density at radius 1 is 1.28 bits per heavy atom. The maximum atomic E-state index is 11.9. The number of aromatic nitrogens is 1. The van der Waals surface area contributed by atoms with Crippen LogP contribution in [0.2, 0.25) is 0 Å². The van der Waals surface area contributed by atoms with Crippen molar-refractivity contribution in [2.24, 2.45) is 0 Å². The van der Waals surface area contributed by atoms with Gasteiger partial charge in [-0.3, -0.25) is 4.79 Å². The summed E-state index contributed by atoms with van der Waals surface area (Å²) in [4.78, 5) is 16.3. The van der Waals surface area contributed by atoms with Gasteiger partial charge in [-0.2, -0.15) is 0 Å². The summed E-state index contributed by atoms with van der Waals surface area (Å²) < 4.78 is 32.7. The average molecular weight is 384 g/mol. The van der Waals surface area contributed by atoms with Gasteiger partial charge in [0, 0.05) is 23.6 Å². The van der Waals surface area contributed by atoms with Gasteiger partial charge in [0.2, 0.25) is 5.91 Å². The number of carbonyl (C=O) groups is 1. The van der Waals surface area contributed by atoms with E-state index in [2.05, 4.69) is 10.3 Å². The maximum Gasteiger partial charge on any atom is 0.226 e. The number of hydrogen-bond acceptors (Lipinski definition) is 7. The molecule has 7 nitrogen and oxygen atoms in total. The quantitative estimate of drug-likeness (QED) is 0.752. The first-order valence-electron chi connectivity index (χ1n) is 7.48. The number of benzene rings is 1. The van der Waals surface area contributed by atoms with Crippen molar-refractivity contribution < 1.29 is 22.7 Å². The van der Waals surface area contributed by atoms with Crippen LogP contribution in [0.4, 0.5) is 5.13 Å². The number of hydrogen-bond donors (Lipinski definition) is 1. The Labute approximate surface area is 150 Å². The minimum absolute atomic E-state index is 0.00938. The molecule has 2 rings (SSSR count). The predicted octanol–water partition coefficient (Wildman–Crippen LogP) is 2.59. The topological polar surface area (TPSA) is 94.6 Å². The van der Waals surface area contributed by atoms with Crippen LogP contribution in [0.15, 0.2) is 23.6 Å². The molecule has 0 radical (unpaired) electrons. The fraction of sp³-hybridized carbons (Fsp3) is 0.375. The van der Waals surface area contributed by atoms with Crippen molar-refractivity contribution in [3.63, 3.8) is 0 Å². The first-order valence-corrected chi connectivity index (χ1v) is 10.4. The zero-order chi connectivity index (χ0) is 18.4. The number of amides is 1. The molecule has 0 aliphatic carbocycles. The molecule has 0 saturated heterocycles. The molecular formula is C16H20N2O5S2. The Kier molecular flexibility index (Phi) is 6.38. The van der Waals surface area contributed by atoms with Crippen molar-refractivity contribution in [1.82, 2.24) is 4.98 Å². The third-order valence-electron chi connectivity index (χ3n) is 3.35. The van der Waals surface area contributed by atoms with Gasteiger partial charge in [0.15, 0.2) is 5.13 Å². The highest BCUT2D eigenvalue weighted by Crippen LogP contribution is 2.35. The number of ether oxygens (including phenoxy) is 2. The molecule has 2 aromatic rings. The molecule has 0 spiro atoms. The lowest BCUT2D eigenvalue weighted by Crippen LogP contribution is -2.13. The van der Waals surface area contributed by atoms with Crippen molar-refractivity contribution in [2.75, 3.05) is 31.5 Å². The average Bonchev–Trinajstić information content (AvgIpc) is 3.01. The molecule has 1 aromatic heterocycles. The van der Waals surface area contributed by atoms with Crippen LogP contribution >= 0.6 is 11.3 Å². The largest absolute Gasteiger partial charge is 0.497 e. The van der Waals surface area contributed by atoms with E-state index in [1.54, 1.807) is 26.4 Å². The maximum absolute atomic E-state index is 11.9. The SMILES string of the molecule is COc1ccc(OC)c(-c2csc(NC(=O)CCCS(C)(=O)=O)n2)c1. The van der Waals surface area contributed by atoms with Gasteiger partial charge in [-0.05, 0) is 24.6 Å². The third kappa shape index (κ3) is 5.71. The number of anilines is 1. The molecule has 136 valence electrons. The second-order valence-electron chi connectivity index (χ2n) is 5.39. The normalized spacial score (nSPS) is 11.2. The van der Waals surface area contributed by atoms with Crippen LogP contribution < -0.4 is 14.8 Å². The highest BCUT2D eigenvalue weighted by molar-refractivity contribution is 7.90. The van der Waals surface area contributed by atoms with Crippen molar-refractivity contribution >= 4 is 32.2 Å². The van der Waals surface area contributed by atoms with E-state index >= 15 is 0 Å². The zero-order valence-corrected chi connectivity index (χ0v) is 15.9. The van der Waals surface area contributed by atoms with Crippen molar-refractivity contribution in [2.45, 2.75) is 12.8 Å². The van der Waals surface area contributed by atoms with Crippen LogP contribution in [0.3, 0.4) is 0 Å². The van der Waals surface area contributed by atoms with Crippen molar-refractivity contribution in [3.8, 4) is 22.8 Å². The summed E-state index contributed by atoms with van der Waals surface area (Å²) in [6.45, 7) is 0. The number of nitrogens with one attached hydrogen (secondary N) is 1. The zero-order valence-electron chi connectivity index (χ0n) is 14.2. The Morgan fingerprint density at radius 2 is 2.04 bits per heavy atom. The monoisotopic (exact) mass is 384 g/mol. The molecule has 0 aliphatic rings. The number of nitrogens with zero attached hydrogens (tertiary/aromatic N) is 1. The van der Waals surface area contributed by atoms with Crippen molar-refractivity contribution in [1.29, 1.82) is 0 Å².